The van der Waals surface area contributed by atoms with Gasteiger partial charge in [-0.3, -0.25) is 4.99 Å². The molecule has 1 aliphatic heterocycles. The SMILES string of the molecule is CN=C(NCCc1nc(C(F)(F)F)cs1)NCc1ccc(N2CCC(C)CC2)nc1. The van der Waals surface area contributed by atoms with Gasteiger partial charge >= 0.3 is 6.18 Å². The fraction of sp³-hybridized carbons (Fsp3) is 0.550. The largest absolute Gasteiger partial charge is 0.434 e. The molecule has 2 N–H and O–H groups in total. The van der Waals surface area contributed by atoms with Crippen LogP contribution in [-0.2, 0) is 19.1 Å². The topological polar surface area (TPSA) is 65.4 Å². The van der Waals surface area contributed by atoms with Crippen LogP contribution in [0.3, 0.4) is 0 Å². The molecule has 0 atom stereocenters. The Kier molecular flexibility index (Phi) is 7.52. The Morgan fingerprint density at radius 3 is 2.63 bits per heavy atom. The molecular formula is C20H27F3N6S. The van der Waals surface area contributed by atoms with Crippen molar-refractivity contribution in [3.05, 3.63) is 40.0 Å². The number of nitrogens with zero attached hydrogens (tertiary/aromatic N) is 4. The minimum atomic E-state index is -4.39. The van der Waals surface area contributed by atoms with Gasteiger partial charge in [0.2, 0.25) is 0 Å². The molecule has 1 aliphatic rings. The number of anilines is 1. The summed E-state index contributed by atoms with van der Waals surface area (Å²) in [6.07, 6.45) is 0.265. The van der Waals surface area contributed by atoms with E-state index in [9.17, 15) is 13.2 Å². The highest BCUT2D eigenvalue weighted by atomic mass is 32.1. The maximum atomic E-state index is 12.6. The van der Waals surface area contributed by atoms with E-state index in [0.29, 0.717) is 30.5 Å². The third kappa shape index (κ3) is 6.32. The average Bonchev–Trinajstić information content (AvgIpc) is 3.21. The smallest absolute Gasteiger partial charge is 0.357 e. The Balaban J connectivity index is 1.42. The van der Waals surface area contributed by atoms with Crippen molar-refractivity contribution in [1.82, 2.24) is 20.6 Å². The quantitative estimate of drug-likeness (QED) is 0.530. The number of aliphatic imine (C=N–C) groups is 1. The summed E-state index contributed by atoms with van der Waals surface area (Å²) in [6.45, 7) is 5.38. The van der Waals surface area contributed by atoms with Crippen LogP contribution in [0.15, 0.2) is 28.7 Å². The molecule has 2 aromatic rings. The molecule has 0 aromatic carbocycles. The summed E-state index contributed by atoms with van der Waals surface area (Å²) >= 11 is 1.02. The van der Waals surface area contributed by atoms with E-state index in [1.54, 1.807) is 7.05 Å². The first-order valence-corrected chi connectivity index (χ1v) is 10.9. The lowest BCUT2D eigenvalue weighted by atomic mass is 9.99. The summed E-state index contributed by atoms with van der Waals surface area (Å²) in [7, 11) is 1.65. The molecule has 0 aliphatic carbocycles. The van der Waals surface area contributed by atoms with Gasteiger partial charge in [0.15, 0.2) is 11.7 Å². The normalized spacial score (nSPS) is 16.0. The molecule has 1 saturated heterocycles. The molecule has 0 spiro atoms. The molecule has 0 saturated carbocycles. The third-order valence-corrected chi connectivity index (χ3v) is 5.98. The minimum absolute atomic E-state index is 0.395. The lowest BCUT2D eigenvalue weighted by molar-refractivity contribution is -0.140. The number of piperidine rings is 1. The van der Waals surface area contributed by atoms with Gasteiger partial charge in [0.1, 0.15) is 5.82 Å². The van der Waals surface area contributed by atoms with Gasteiger partial charge in [-0.05, 0) is 30.4 Å². The summed E-state index contributed by atoms with van der Waals surface area (Å²) in [5.74, 6) is 2.37. The standard InChI is InChI=1S/C20H27F3N6S/c1-14-6-9-29(10-7-14)17-4-3-15(11-26-17)12-27-19(24-2)25-8-5-18-28-16(13-30-18)20(21,22)23/h3-4,11,13-14H,5-10,12H2,1-2H3,(H2,24,25,27). The van der Waals surface area contributed by atoms with Gasteiger partial charge in [0, 0.05) is 51.2 Å². The van der Waals surface area contributed by atoms with Crippen LogP contribution < -0.4 is 15.5 Å². The van der Waals surface area contributed by atoms with Crippen LogP contribution in [0.2, 0.25) is 0 Å². The molecule has 0 bridgehead atoms. The highest BCUT2D eigenvalue weighted by Crippen LogP contribution is 2.30. The van der Waals surface area contributed by atoms with Crippen molar-refractivity contribution in [2.24, 2.45) is 10.9 Å². The van der Waals surface area contributed by atoms with Gasteiger partial charge in [-0.15, -0.1) is 11.3 Å². The number of hydrogen-bond donors (Lipinski definition) is 2. The van der Waals surface area contributed by atoms with E-state index in [4.69, 9.17) is 0 Å². The molecule has 3 heterocycles. The predicted octanol–water partition coefficient (Wildman–Crippen LogP) is 3.70. The lowest BCUT2D eigenvalue weighted by Crippen LogP contribution is -2.38. The van der Waals surface area contributed by atoms with Gasteiger partial charge < -0.3 is 15.5 Å². The zero-order chi connectivity index (χ0) is 21.6. The van der Waals surface area contributed by atoms with E-state index in [1.165, 1.54) is 12.8 Å². The van der Waals surface area contributed by atoms with Crippen LogP contribution in [0, 0.1) is 5.92 Å². The maximum Gasteiger partial charge on any atom is 0.434 e. The van der Waals surface area contributed by atoms with Crippen LogP contribution >= 0.6 is 11.3 Å². The second kappa shape index (κ2) is 10.1. The van der Waals surface area contributed by atoms with Crippen molar-refractivity contribution in [1.29, 1.82) is 0 Å². The van der Waals surface area contributed by atoms with Crippen molar-refractivity contribution in [2.45, 2.75) is 38.9 Å². The first-order chi connectivity index (χ1) is 14.3. The minimum Gasteiger partial charge on any atom is -0.357 e. The van der Waals surface area contributed by atoms with E-state index in [2.05, 4.69) is 43.5 Å². The van der Waals surface area contributed by atoms with Crippen LogP contribution in [0.5, 0.6) is 0 Å². The van der Waals surface area contributed by atoms with Gasteiger partial charge in [-0.1, -0.05) is 13.0 Å². The number of rotatable bonds is 6. The predicted molar refractivity (Wildman–Crippen MR) is 114 cm³/mol. The van der Waals surface area contributed by atoms with Gasteiger partial charge in [-0.2, -0.15) is 13.2 Å². The second-order valence-electron chi connectivity index (χ2n) is 7.42. The van der Waals surface area contributed by atoms with Crippen molar-refractivity contribution in [3.8, 4) is 0 Å². The van der Waals surface area contributed by atoms with E-state index in [1.807, 2.05) is 12.3 Å². The molecule has 0 unspecified atom stereocenters. The molecular weight excluding hydrogens is 413 g/mol. The third-order valence-electron chi connectivity index (χ3n) is 5.07. The number of alkyl halides is 3. The first kappa shape index (κ1) is 22.3. The first-order valence-electron chi connectivity index (χ1n) is 10.0. The molecule has 3 rings (SSSR count). The average molecular weight is 441 g/mol. The number of halogens is 3. The summed E-state index contributed by atoms with van der Waals surface area (Å²) in [5.41, 5.74) is 0.196. The molecule has 1 fully saturated rings. The molecule has 6 nitrogen and oxygen atoms in total. The number of nitrogens with one attached hydrogen (secondary N) is 2. The Hall–Kier alpha value is -2.36. The van der Waals surface area contributed by atoms with E-state index in [0.717, 1.165) is 47.1 Å². The van der Waals surface area contributed by atoms with Gasteiger partial charge in [-0.25, -0.2) is 9.97 Å². The Labute approximate surface area is 178 Å². The fourth-order valence-corrected chi connectivity index (χ4v) is 4.00. The summed E-state index contributed by atoms with van der Waals surface area (Å²) < 4.78 is 37.8. The molecule has 10 heteroatoms. The number of aromatic nitrogens is 2. The lowest BCUT2D eigenvalue weighted by Gasteiger charge is -2.31. The van der Waals surface area contributed by atoms with Crippen molar-refractivity contribution < 1.29 is 13.2 Å². The van der Waals surface area contributed by atoms with E-state index in [-0.39, 0.29) is 0 Å². The zero-order valence-corrected chi connectivity index (χ0v) is 18.0. The molecule has 0 radical (unpaired) electrons. The molecule has 164 valence electrons. The summed E-state index contributed by atoms with van der Waals surface area (Å²) in [5, 5.41) is 7.78. The van der Waals surface area contributed by atoms with Crippen molar-refractivity contribution >= 4 is 23.1 Å². The van der Waals surface area contributed by atoms with Gasteiger partial charge in [0.05, 0.1) is 5.01 Å². The molecule has 30 heavy (non-hydrogen) atoms. The Bertz CT molecular complexity index is 826. The number of pyridine rings is 1. The Morgan fingerprint density at radius 1 is 1.27 bits per heavy atom. The van der Waals surface area contributed by atoms with Crippen LogP contribution in [0.1, 0.15) is 36.0 Å². The van der Waals surface area contributed by atoms with Crippen molar-refractivity contribution in [2.75, 3.05) is 31.6 Å². The zero-order valence-electron chi connectivity index (χ0n) is 17.2. The van der Waals surface area contributed by atoms with Gasteiger partial charge in [0.25, 0.3) is 0 Å². The van der Waals surface area contributed by atoms with Crippen LogP contribution in [-0.4, -0.2) is 42.6 Å². The summed E-state index contributed by atoms with van der Waals surface area (Å²) in [4.78, 5) is 14.7. The van der Waals surface area contributed by atoms with Crippen LogP contribution in [0.25, 0.3) is 0 Å². The summed E-state index contributed by atoms with van der Waals surface area (Å²) in [6, 6.07) is 4.10. The number of hydrogen-bond acceptors (Lipinski definition) is 5. The number of thiazole rings is 1. The monoisotopic (exact) mass is 440 g/mol. The van der Waals surface area contributed by atoms with E-state index < -0.39 is 11.9 Å². The second-order valence-corrected chi connectivity index (χ2v) is 8.36. The van der Waals surface area contributed by atoms with E-state index >= 15 is 0 Å². The highest BCUT2D eigenvalue weighted by Gasteiger charge is 2.33. The highest BCUT2D eigenvalue weighted by molar-refractivity contribution is 7.09. The van der Waals surface area contributed by atoms with Crippen molar-refractivity contribution in [3.63, 3.8) is 0 Å². The Morgan fingerprint density at radius 2 is 2.03 bits per heavy atom. The molecule has 2 aromatic heterocycles. The number of guanidine groups is 1. The van der Waals surface area contributed by atoms with Crippen LogP contribution in [0.4, 0.5) is 19.0 Å². The maximum absolute atomic E-state index is 12.6. The molecule has 0 amide bonds. The fourth-order valence-electron chi connectivity index (χ4n) is 3.20.